The van der Waals surface area contributed by atoms with Crippen molar-refractivity contribution in [2.45, 2.75) is 38.5 Å². The van der Waals surface area contributed by atoms with Gasteiger partial charge in [-0.2, -0.15) is 0 Å². The first kappa shape index (κ1) is 22.8. The van der Waals surface area contributed by atoms with Crippen LogP contribution in [0.2, 0.25) is 0 Å². The molecule has 0 bridgehead atoms. The average molecular weight is 373 g/mol. The van der Waals surface area contributed by atoms with Crippen LogP contribution in [0.1, 0.15) is 38.5 Å². The van der Waals surface area contributed by atoms with Gasteiger partial charge in [0, 0.05) is 92.4 Å². The first-order valence-corrected chi connectivity index (χ1v) is 9.55. The highest BCUT2D eigenvalue weighted by Gasteiger charge is 2.15. The van der Waals surface area contributed by atoms with E-state index in [0.717, 1.165) is 102 Å². The van der Waals surface area contributed by atoms with E-state index in [2.05, 4.69) is 20.1 Å². The Kier molecular flexibility index (Phi) is 13.1. The summed E-state index contributed by atoms with van der Waals surface area (Å²) in [7, 11) is 3.46. The van der Waals surface area contributed by atoms with Gasteiger partial charge in [0.2, 0.25) is 0 Å². The van der Waals surface area contributed by atoms with Crippen LogP contribution in [0.4, 0.5) is 0 Å². The third kappa shape index (κ3) is 10.1. The van der Waals surface area contributed by atoms with E-state index in [9.17, 15) is 0 Å². The smallest absolute Gasteiger partial charge is 0.0596 e. The Balaban J connectivity index is 0.000000260. The number of methoxy groups -OCH3 is 2. The van der Waals surface area contributed by atoms with Crippen molar-refractivity contribution in [3.63, 3.8) is 0 Å². The van der Waals surface area contributed by atoms with Crippen molar-refractivity contribution in [3.8, 4) is 0 Å². The van der Waals surface area contributed by atoms with Gasteiger partial charge in [-0.3, -0.25) is 0 Å². The second-order valence-electron chi connectivity index (χ2n) is 6.71. The van der Waals surface area contributed by atoms with Crippen LogP contribution in [0.3, 0.4) is 0 Å². The van der Waals surface area contributed by atoms with Gasteiger partial charge in [0.15, 0.2) is 0 Å². The Morgan fingerprint density at radius 3 is 1.35 bits per heavy atom. The second kappa shape index (κ2) is 14.9. The summed E-state index contributed by atoms with van der Waals surface area (Å²) < 4.78 is 9.97. The zero-order valence-electron chi connectivity index (χ0n) is 16.4. The summed E-state index contributed by atoms with van der Waals surface area (Å²) in [6, 6.07) is 0. The summed E-state index contributed by atoms with van der Waals surface area (Å²) in [5, 5.41) is 23.6. The number of ether oxygens (including phenoxy) is 2. The molecule has 8 heteroatoms. The van der Waals surface area contributed by atoms with Crippen molar-refractivity contribution in [2.75, 3.05) is 66.7 Å². The lowest BCUT2D eigenvalue weighted by Gasteiger charge is -2.26. The van der Waals surface area contributed by atoms with E-state index in [4.69, 9.17) is 19.9 Å². The van der Waals surface area contributed by atoms with E-state index >= 15 is 0 Å². The third-order valence-corrected chi connectivity index (χ3v) is 4.79. The summed E-state index contributed by atoms with van der Waals surface area (Å²) in [5.41, 5.74) is 1.87. The Morgan fingerprint density at radius 1 is 0.731 bits per heavy atom. The van der Waals surface area contributed by atoms with Gasteiger partial charge >= 0.3 is 0 Å². The van der Waals surface area contributed by atoms with E-state index in [1.807, 2.05) is 0 Å². The van der Waals surface area contributed by atoms with Crippen LogP contribution < -0.4 is 0 Å². The number of hydrogen-bond acceptors (Lipinski definition) is 8. The van der Waals surface area contributed by atoms with E-state index < -0.39 is 0 Å². The molecule has 2 aliphatic rings. The third-order valence-electron chi connectivity index (χ3n) is 4.79. The van der Waals surface area contributed by atoms with Gasteiger partial charge < -0.3 is 29.7 Å². The molecule has 0 aliphatic carbocycles. The maximum atomic E-state index is 8.54. The van der Waals surface area contributed by atoms with Gasteiger partial charge in [0.25, 0.3) is 0 Å². The van der Waals surface area contributed by atoms with Crippen LogP contribution in [0.15, 0.2) is 10.3 Å². The van der Waals surface area contributed by atoms with Gasteiger partial charge in [-0.25, -0.2) is 0 Å². The molecular formula is C18H36N4O4. The monoisotopic (exact) mass is 372 g/mol. The maximum absolute atomic E-state index is 8.54. The fourth-order valence-corrected chi connectivity index (χ4v) is 3.13. The highest BCUT2D eigenvalue weighted by atomic mass is 16.5. The summed E-state index contributed by atoms with van der Waals surface area (Å²) in [6.45, 7) is 7.91. The number of oxime groups is 2. The van der Waals surface area contributed by atoms with Gasteiger partial charge in [-0.1, -0.05) is 10.3 Å². The lowest BCUT2D eigenvalue weighted by atomic mass is 10.1. The molecule has 26 heavy (non-hydrogen) atoms. The summed E-state index contributed by atoms with van der Waals surface area (Å²) in [5.74, 6) is 0. The largest absolute Gasteiger partial charge is 0.411 e. The van der Waals surface area contributed by atoms with Crippen molar-refractivity contribution < 1.29 is 19.9 Å². The molecule has 0 aromatic rings. The minimum atomic E-state index is 0.831. The lowest BCUT2D eigenvalue weighted by Crippen LogP contribution is -2.34. The van der Waals surface area contributed by atoms with E-state index in [-0.39, 0.29) is 0 Å². The number of piperidine rings is 2. The minimum absolute atomic E-state index is 0.831. The van der Waals surface area contributed by atoms with Gasteiger partial charge in [-0.15, -0.1) is 0 Å². The Morgan fingerprint density at radius 2 is 1.08 bits per heavy atom. The molecule has 0 atom stereocenters. The Labute approximate surface area is 157 Å². The predicted molar refractivity (Wildman–Crippen MR) is 103 cm³/mol. The topological polar surface area (TPSA) is 90.1 Å². The fraction of sp³-hybridized carbons (Fsp3) is 0.889. The van der Waals surface area contributed by atoms with Gasteiger partial charge in [-0.05, 0) is 12.8 Å². The Hall–Kier alpha value is -1.22. The van der Waals surface area contributed by atoms with Crippen molar-refractivity contribution in [2.24, 2.45) is 10.3 Å². The van der Waals surface area contributed by atoms with Crippen LogP contribution in [-0.2, 0) is 9.47 Å². The molecule has 2 heterocycles. The number of nitrogens with zero attached hydrogens (tertiary/aromatic N) is 4. The number of rotatable bonds is 8. The van der Waals surface area contributed by atoms with E-state index in [1.165, 1.54) is 0 Å². The predicted octanol–water partition coefficient (Wildman–Crippen LogP) is 1.90. The van der Waals surface area contributed by atoms with E-state index in [1.54, 1.807) is 14.2 Å². The molecule has 2 aliphatic heterocycles. The minimum Gasteiger partial charge on any atom is -0.411 e. The van der Waals surface area contributed by atoms with Crippen molar-refractivity contribution in [3.05, 3.63) is 0 Å². The molecule has 8 nitrogen and oxygen atoms in total. The zero-order chi connectivity index (χ0) is 19.0. The van der Waals surface area contributed by atoms with Crippen LogP contribution in [0.5, 0.6) is 0 Å². The molecule has 0 aromatic carbocycles. The van der Waals surface area contributed by atoms with E-state index in [0.29, 0.717) is 0 Å². The quantitative estimate of drug-likeness (QED) is 0.384. The first-order valence-electron chi connectivity index (χ1n) is 9.55. The fourth-order valence-electron chi connectivity index (χ4n) is 3.13. The number of hydrogen-bond donors (Lipinski definition) is 2. The molecule has 2 fully saturated rings. The van der Waals surface area contributed by atoms with Crippen molar-refractivity contribution >= 4 is 11.4 Å². The highest BCUT2D eigenvalue weighted by molar-refractivity contribution is 5.85. The highest BCUT2D eigenvalue weighted by Crippen LogP contribution is 2.08. The summed E-state index contributed by atoms with van der Waals surface area (Å²) in [4.78, 5) is 4.77. The molecular weight excluding hydrogens is 336 g/mol. The summed E-state index contributed by atoms with van der Waals surface area (Å²) in [6.07, 6.45) is 5.80. The molecule has 0 spiro atoms. The maximum Gasteiger partial charge on any atom is 0.0596 e. The SMILES string of the molecule is COCCCN1CCC(=NO)CC1.COCCCN1CCC(=NO)CC1. The normalized spacial score (nSPS) is 19.0. The van der Waals surface area contributed by atoms with Crippen molar-refractivity contribution in [1.82, 2.24) is 9.80 Å². The molecule has 0 radical (unpaired) electrons. The van der Waals surface area contributed by atoms with Gasteiger partial charge in [0.1, 0.15) is 0 Å². The van der Waals surface area contributed by atoms with Crippen LogP contribution in [0.25, 0.3) is 0 Å². The summed E-state index contributed by atoms with van der Waals surface area (Å²) >= 11 is 0. The average Bonchev–Trinajstić information content (AvgIpc) is 2.70. The van der Waals surface area contributed by atoms with Gasteiger partial charge in [0.05, 0.1) is 11.4 Å². The van der Waals surface area contributed by atoms with Crippen LogP contribution >= 0.6 is 0 Å². The molecule has 0 saturated carbocycles. The van der Waals surface area contributed by atoms with Crippen LogP contribution in [0, 0.1) is 0 Å². The molecule has 0 unspecified atom stereocenters. The molecule has 152 valence electrons. The second-order valence-corrected chi connectivity index (χ2v) is 6.71. The molecule has 0 amide bonds. The lowest BCUT2D eigenvalue weighted by molar-refractivity contribution is 0.171. The van der Waals surface area contributed by atoms with Crippen molar-refractivity contribution in [1.29, 1.82) is 0 Å². The number of likely N-dealkylation sites (tertiary alicyclic amines) is 2. The zero-order valence-corrected chi connectivity index (χ0v) is 16.4. The molecule has 2 rings (SSSR count). The Bertz CT molecular complexity index is 360. The first-order chi connectivity index (χ1) is 12.7. The van der Waals surface area contributed by atoms with Crippen LogP contribution in [-0.4, -0.2) is 98.3 Å². The standard InChI is InChI=1S/2C9H18N2O2/c2*1-13-8-2-5-11-6-3-9(10-12)4-7-11/h2*12H,2-8H2,1H3. The molecule has 2 N–H and O–H groups in total. The molecule has 0 aromatic heterocycles. The molecule has 2 saturated heterocycles.